The van der Waals surface area contributed by atoms with E-state index in [9.17, 15) is 0 Å². The van der Waals surface area contributed by atoms with E-state index in [0.29, 0.717) is 22.6 Å². The van der Waals surface area contributed by atoms with E-state index in [0.717, 1.165) is 34.0 Å². The summed E-state index contributed by atoms with van der Waals surface area (Å²) in [5.41, 5.74) is 3.89. The van der Waals surface area contributed by atoms with Crippen LogP contribution >= 0.6 is 11.8 Å². The van der Waals surface area contributed by atoms with Crippen LogP contribution in [0.2, 0.25) is 0 Å². The van der Waals surface area contributed by atoms with Crippen molar-refractivity contribution >= 4 is 11.8 Å². The smallest absolute Gasteiger partial charge is 0.237 e. The topological polar surface area (TPSA) is 91.8 Å². The third kappa shape index (κ3) is 4.35. The van der Waals surface area contributed by atoms with Crippen molar-refractivity contribution in [1.82, 2.24) is 29.9 Å². The molecule has 2 aromatic carbocycles. The second-order valence-electron chi connectivity index (χ2n) is 7.19. The van der Waals surface area contributed by atoms with Crippen LogP contribution in [0.15, 0.2) is 82.7 Å². The average molecular weight is 457 g/mol. The van der Waals surface area contributed by atoms with E-state index in [1.165, 1.54) is 11.8 Å². The normalized spacial score (nSPS) is 11.0. The van der Waals surface area contributed by atoms with Gasteiger partial charge in [0, 0.05) is 29.2 Å². The first-order valence-electron chi connectivity index (χ1n) is 10.2. The van der Waals surface area contributed by atoms with Crippen molar-refractivity contribution in [3.63, 3.8) is 0 Å². The highest BCUT2D eigenvalue weighted by molar-refractivity contribution is 7.98. The molecule has 0 aliphatic carbocycles. The first kappa shape index (κ1) is 20.9. The molecule has 0 bridgehead atoms. The number of ether oxygens (including phenoxy) is 1. The molecular formula is C24H20N6O2S. The Bertz CT molecular complexity index is 1370. The van der Waals surface area contributed by atoms with Gasteiger partial charge in [-0.05, 0) is 48.9 Å². The third-order valence-electron chi connectivity index (χ3n) is 5.08. The number of benzene rings is 2. The minimum Gasteiger partial charge on any atom is -0.497 e. The largest absolute Gasteiger partial charge is 0.497 e. The van der Waals surface area contributed by atoms with E-state index in [4.69, 9.17) is 9.26 Å². The lowest BCUT2D eigenvalue weighted by atomic mass is 10.1. The van der Waals surface area contributed by atoms with E-state index in [1.54, 1.807) is 19.5 Å². The highest BCUT2D eigenvalue weighted by Crippen LogP contribution is 2.30. The predicted octanol–water partition coefficient (Wildman–Crippen LogP) is 4.99. The second-order valence-corrected chi connectivity index (χ2v) is 8.13. The Balaban J connectivity index is 1.45. The quantitative estimate of drug-likeness (QED) is 0.316. The zero-order valence-electron chi connectivity index (χ0n) is 18.0. The third-order valence-corrected chi connectivity index (χ3v) is 6.00. The van der Waals surface area contributed by atoms with Crippen molar-refractivity contribution in [1.29, 1.82) is 0 Å². The minimum atomic E-state index is 0.462. The molecule has 33 heavy (non-hydrogen) atoms. The lowest BCUT2D eigenvalue weighted by Gasteiger charge is -2.10. The molecule has 0 saturated carbocycles. The van der Waals surface area contributed by atoms with Gasteiger partial charge in [-0.1, -0.05) is 41.2 Å². The average Bonchev–Trinajstić information content (AvgIpc) is 3.51. The van der Waals surface area contributed by atoms with Gasteiger partial charge in [-0.25, -0.2) is 0 Å². The summed E-state index contributed by atoms with van der Waals surface area (Å²) in [4.78, 5) is 8.67. The lowest BCUT2D eigenvalue weighted by molar-refractivity contribution is 0.391. The fourth-order valence-corrected chi connectivity index (χ4v) is 4.18. The molecule has 0 spiro atoms. The van der Waals surface area contributed by atoms with Crippen molar-refractivity contribution in [3.05, 3.63) is 84.5 Å². The van der Waals surface area contributed by atoms with E-state index < -0.39 is 0 Å². The molecular weight excluding hydrogens is 436 g/mol. The number of hydrogen-bond donors (Lipinski definition) is 0. The SMILES string of the molecule is COc1ccc(-n2c(SCc3nc(-c4ccccc4C)no3)nnc2-c2ccncc2)cc1. The summed E-state index contributed by atoms with van der Waals surface area (Å²) in [5, 5.41) is 13.7. The zero-order valence-corrected chi connectivity index (χ0v) is 18.9. The Labute approximate surface area is 194 Å². The summed E-state index contributed by atoms with van der Waals surface area (Å²) >= 11 is 1.48. The number of pyridine rings is 1. The van der Waals surface area contributed by atoms with Crippen molar-refractivity contribution in [3.8, 4) is 34.2 Å². The summed E-state index contributed by atoms with van der Waals surface area (Å²) in [6.07, 6.45) is 3.47. The Hall–Kier alpha value is -3.98. The molecule has 0 unspecified atom stereocenters. The minimum absolute atomic E-state index is 0.462. The fourth-order valence-electron chi connectivity index (χ4n) is 3.39. The lowest BCUT2D eigenvalue weighted by Crippen LogP contribution is -2.00. The maximum atomic E-state index is 5.50. The number of aryl methyl sites for hydroxylation is 1. The Morgan fingerprint density at radius 2 is 1.76 bits per heavy atom. The van der Waals surface area contributed by atoms with Gasteiger partial charge >= 0.3 is 0 Å². The number of methoxy groups -OCH3 is 1. The van der Waals surface area contributed by atoms with Crippen molar-refractivity contribution in [2.24, 2.45) is 0 Å². The molecule has 3 heterocycles. The van der Waals surface area contributed by atoms with Crippen LogP contribution in [0.25, 0.3) is 28.5 Å². The first-order chi connectivity index (χ1) is 16.2. The fraction of sp³-hybridized carbons (Fsp3) is 0.125. The van der Waals surface area contributed by atoms with Crippen LogP contribution in [0.1, 0.15) is 11.5 Å². The molecule has 3 aromatic heterocycles. The van der Waals surface area contributed by atoms with Crippen LogP contribution in [-0.2, 0) is 5.75 Å². The molecule has 0 saturated heterocycles. The maximum Gasteiger partial charge on any atom is 0.237 e. The summed E-state index contributed by atoms with van der Waals surface area (Å²) in [6, 6.07) is 19.5. The van der Waals surface area contributed by atoms with Crippen LogP contribution in [0.3, 0.4) is 0 Å². The summed E-state index contributed by atoms with van der Waals surface area (Å²) < 4.78 is 12.8. The highest BCUT2D eigenvalue weighted by Gasteiger charge is 2.18. The number of rotatable bonds is 7. The zero-order chi connectivity index (χ0) is 22.6. The van der Waals surface area contributed by atoms with Gasteiger partial charge in [0.05, 0.1) is 12.9 Å². The summed E-state index contributed by atoms with van der Waals surface area (Å²) in [7, 11) is 1.65. The van der Waals surface area contributed by atoms with Gasteiger partial charge in [-0.2, -0.15) is 4.98 Å². The number of thioether (sulfide) groups is 1. The molecule has 5 aromatic rings. The number of hydrogen-bond acceptors (Lipinski definition) is 8. The Kier molecular flexibility index (Phi) is 5.86. The van der Waals surface area contributed by atoms with Crippen molar-refractivity contribution < 1.29 is 9.26 Å². The number of aromatic nitrogens is 6. The first-order valence-corrected chi connectivity index (χ1v) is 11.2. The van der Waals surface area contributed by atoms with Crippen LogP contribution in [0.5, 0.6) is 5.75 Å². The molecule has 0 N–H and O–H groups in total. The maximum absolute atomic E-state index is 5.50. The van der Waals surface area contributed by atoms with Gasteiger partial charge in [0.1, 0.15) is 5.75 Å². The van der Waals surface area contributed by atoms with Gasteiger partial charge in [0.2, 0.25) is 11.7 Å². The molecule has 0 aliphatic rings. The van der Waals surface area contributed by atoms with Gasteiger partial charge in [-0.3, -0.25) is 9.55 Å². The van der Waals surface area contributed by atoms with E-state index in [1.807, 2.05) is 72.2 Å². The summed E-state index contributed by atoms with van der Waals surface area (Å²) in [6.45, 7) is 2.03. The Morgan fingerprint density at radius 3 is 2.52 bits per heavy atom. The van der Waals surface area contributed by atoms with Gasteiger partial charge in [-0.15, -0.1) is 10.2 Å². The van der Waals surface area contributed by atoms with E-state index >= 15 is 0 Å². The van der Waals surface area contributed by atoms with Crippen molar-refractivity contribution in [2.45, 2.75) is 17.8 Å². The standard InChI is InChI=1S/C24H20N6O2S/c1-16-5-3-4-6-20(16)22-26-21(32-29-22)15-33-24-28-27-23(17-11-13-25-14-12-17)30(24)18-7-9-19(31-2)10-8-18/h3-14H,15H2,1-2H3. The van der Waals surface area contributed by atoms with Crippen LogP contribution in [0.4, 0.5) is 0 Å². The van der Waals surface area contributed by atoms with Gasteiger partial charge in [0.25, 0.3) is 0 Å². The highest BCUT2D eigenvalue weighted by atomic mass is 32.2. The molecule has 0 fully saturated rings. The monoisotopic (exact) mass is 456 g/mol. The molecule has 0 amide bonds. The molecule has 0 radical (unpaired) electrons. The number of nitrogens with zero attached hydrogens (tertiary/aromatic N) is 6. The van der Waals surface area contributed by atoms with E-state index in [2.05, 4.69) is 25.3 Å². The second kappa shape index (κ2) is 9.25. The summed E-state index contributed by atoms with van der Waals surface area (Å²) in [5.74, 6) is 3.06. The molecule has 5 rings (SSSR count). The van der Waals surface area contributed by atoms with Gasteiger partial charge in [0.15, 0.2) is 11.0 Å². The molecule has 0 aliphatic heterocycles. The Morgan fingerprint density at radius 1 is 0.970 bits per heavy atom. The van der Waals surface area contributed by atoms with Crippen LogP contribution < -0.4 is 4.74 Å². The predicted molar refractivity (Wildman–Crippen MR) is 125 cm³/mol. The van der Waals surface area contributed by atoms with Gasteiger partial charge < -0.3 is 9.26 Å². The van der Waals surface area contributed by atoms with E-state index in [-0.39, 0.29) is 0 Å². The van der Waals surface area contributed by atoms with Crippen molar-refractivity contribution in [2.75, 3.05) is 7.11 Å². The molecule has 164 valence electrons. The van der Waals surface area contributed by atoms with Crippen LogP contribution in [0, 0.1) is 6.92 Å². The van der Waals surface area contributed by atoms with Crippen LogP contribution in [-0.4, -0.2) is 37.0 Å². The molecule has 0 atom stereocenters. The molecule has 8 nitrogen and oxygen atoms in total. The molecule has 9 heteroatoms.